The van der Waals surface area contributed by atoms with Gasteiger partial charge in [-0.15, -0.1) is 0 Å². The molecule has 0 aromatic carbocycles. The predicted octanol–water partition coefficient (Wildman–Crippen LogP) is 1.37. The van der Waals surface area contributed by atoms with Gasteiger partial charge in [-0.3, -0.25) is 4.68 Å². The molecule has 0 bridgehead atoms. The van der Waals surface area contributed by atoms with E-state index < -0.39 is 10.0 Å². The standard InChI is InChI=1S/C14H25N3O3S/c1-11-6-12(2)8-13(7-11)16-21(19,20)14-9-15-17(10-14)4-3-5-18/h9-13,16,18H,3-8H2,1-2H3. The van der Waals surface area contributed by atoms with Crippen LogP contribution in [0.1, 0.15) is 39.5 Å². The van der Waals surface area contributed by atoms with Gasteiger partial charge >= 0.3 is 0 Å². The zero-order chi connectivity index (χ0) is 15.5. The van der Waals surface area contributed by atoms with Gasteiger partial charge in [-0.25, -0.2) is 13.1 Å². The average molecular weight is 315 g/mol. The van der Waals surface area contributed by atoms with Crippen LogP contribution in [0.15, 0.2) is 17.3 Å². The molecule has 1 aromatic rings. The second-order valence-corrected chi connectivity index (χ2v) is 7.97. The summed E-state index contributed by atoms with van der Waals surface area (Å²) < 4.78 is 29.1. The van der Waals surface area contributed by atoms with Crippen LogP contribution in [0.5, 0.6) is 0 Å². The molecule has 1 heterocycles. The molecule has 7 heteroatoms. The van der Waals surface area contributed by atoms with Crippen molar-refractivity contribution in [2.75, 3.05) is 6.61 Å². The van der Waals surface area contributed by atoms with Crippen LogP contribution < -0.4 is 4.72 Å². The quantitative estimate of drug-likeness (QED) is 0.830. The summed E-state index contributed by atoms with van der Waals surface area (Å²) in [5, 5.41) is 12.8. The number of nitrogens with one attached hydrogen (secondary N) is 1. The molecular formula is C14H25N3O3S. The van der Waals surface area contributed by atoms with Gasteiger partial charge in [-0.2, -0.15) is 5.10 Å². The third-order valence-electron chi connectivity index (χ3n) is 3.97. The molecule has 120 valence electrons. The van der Waals surface area contributed by atoms with E-state index in [1.165, 1.54) is 12.4 Å². The number of rotatable bonds is 6. The molecular weight excluding hydrogens is 290 g/mol. The van der Waals surface area contributed by atoms with E-state index in [1.807, 2.05) is 0 Å². The Morgan fingerprint density at radius 1 is 1.33 bits per heavy atom. The zero-order valence-electron chi connectivity index (χ0n) is 12.7. The van der Waals surface area contributed by atoms with E-state index in [0.29, 0.717) is 24.8 Å². The normalized spacial score (nSPS) is 26.9. The number of hydrogen-bond acceptors (Lipinski definition) is 4. The van der Waals surface area contributed by atoms with Gasteiger partial charge in [0.2, 0.25) is 10.0 Å². The first-order valence-corrected chi connectivity index (χ1v) is 9.04. The van der Waals surface area contributed by atoms with Crippen molar-refractivity contribution in [3.8, 4) is 0 Å². The topological polar surface area (TPSA) is 84.2 Å². The van der Waals surface area contributed by atoms with Crippen molar-refractivity contribution in [2.24, 2.45) is 11.8 Å². The molecule has 1 aromatic heterocycles. The lowest BCUT2D eigenvalue weighted by molar-refractivity contribution is 0.257. The molecule has 2 atom stereocenters. The maximum absolute atomic E-state index is 12.4. The summed E-state index contributed by atoms with van der Waals surface area (Å²) >= 11 is 0. The van der Waals surface area contributed by atoms with E-state index in [0.717, 1.165) is 19.3 Å². The zero-order valence-corrected chi connectivity index (χ0v) is 13.5. The van der Waals surface area contributed by atoms with Crippen molar-refractivity contribution in [3.63, 3.8) is 0 Å². The molecule has 0 saturated heterocycles. The number of nitrogens with zero attached hydrogens (tertiary/aromatic N) is 2. The molecule has 0 radical (unpaired) electrons. The smallest absolute Gasteiger partial charge is 0.243 e. The minimum Gasteiger partial charge on any atom is -0.396 e. The molecule has 0 spiro atoms. The molecule has 2 unspecified atom stereocenters. The van der Waals surface area contributed by atoms with E-state index in [2.05, 4.69) is 23.7 Å². The predicted molar refractivity (Wildman–Crippen MR) is 80.2 cm³/mol. The largest absolute Gasteiger partial charge is 0.396 e. The van der Waals surface area contributed by atoms with Crippen molar-refractivity contribution in [1.82, 2.24) is 14.5 Å². The minimum absolute atomic E-state index is 0.00884. The Morgan fingerprint density at radius 2 is 2.00 bits per heavy atom. The second kappa shape index (κ2) is 6.89. The molecule has 0 aliphatic heterocycles. The van der Waals surface area contributed by atoms with Crippen molar-refractivity contribution in [1.29, 1.82) is 0 Å². The summed E-state index contributed by atoms with van der Waals surface area (Å²) in [7, 11) is -3.51. The lowest BCUT2D eigenvalue weighted by Crippen LogP contribution is -2.39. The third-order valence-corrected chi connectivity index (χ3v) is 5.44. The number of sulfonamides is 1. The molecule has 21 heavy (non-hydrogen) atoms. The van der Waals surface area contributed by atoms with E-state index in [4.69, 9.17) is 5.11 Å². The Morgan fingerprint density at radius 3 is 2.62 bits per heavy atom. The molecule has 1 saturated carbocycles. The van der Waals surface area contributed by atoms with Gasteiger partial charge in [0.1, 0.15) is 4.90 Å². The first-order chi connectivity index (χ1) is 9.90. The number of aryl methyl sites for hydroxylation is 1. The van der Waals surface area contributed by atoms with Crippen LogP contribution in [0.4, 0.5) is 0 Å². The van der Waals surface area contributed by atoms with Crippen LogP contribution in [0.25, 0.3) is 0 Å². The van der Waals surface area contributed by atoms with Gasteiger partial charge < -0.3 is 5.11 Å². The summed E-state index contributed by atoms with van der Waals surface area (Å²) in [6.45, 7) is 4.93. The highest BCUT2D eigenvalue weighted by Crippen LogP contribution is 2.29. The van der Waals surface area contributed by atoms with Crippen LogP contribution in [-0.4, -0.2) is 36.0 Å². The number of aliphatic hydroxyl groups excluding tert-OH is 1. The van der Waals surface area contributed by atoms with Crippen LogP contribution >= 0.6 is 0 Å². The monoisotopic (exact) mass is 315 g/mol. The van der Waals surface area contributed by atoms with Crippen molar-refractivity contribution in [2.45, 2.75) is 57.0 Å². The molecule has 6 nitrogen and oxygen atoms in total. The Kier molecular flexibility index (Phi) is 5.40. The van der Waals surface area contributed by atoms with Crippen LogP contribution in [0.2, 0.25) is 0 Å². The molecule has 2 N–H and O–H groups in total. The van der Waals surface area contributed by atoms with Crippen LogP contribution in [-0.2, 0) is 16.6 Å². The highest BCUT2D eigenvalue weighted by Gasteiger charge is 2.28. The van der Waals surface area contributed by atoms with Gasteiger partial charge in [0.05, 0.1) is 6.20 Å². The SMILES string of the molecule is CC1CC(C)CC(NS(=O)(=O)c2cnn(CCCO)c2)C1. The maximum atomic E-state index is 12.4. The minimum atomic E-state index is -3.51. The fourth-order valence-electron chi connectivity index (χ4n) is 3.17. The summed E-state index contributed by atoms with van der Waals surface area (Å²) in [5.41, 5.74) is 0. The van der Waals surface area contributed by atoms with Gasteiger partial charge in [-0.1, -0.05) is 13.8 Å². The second-order valence-electron chi connectivity index (χ2n) is 6.25. The molecule has 1 aliphatic carbocycles. The van der Waals surface area contributed by atoms with Gasteiger partial charge in [0.25, 0.3) is 0 Å². The number of hydrogen-bond donors (Lipinski definition) is 2. The Balaban J connectivity index is 2.02. The van der Waals surface area contributed by atoms with Gasteiger partial charge in [-0.05, 0) is 37.5 Å². The summed E-state index contributed by atoms with van der Waals surface area (Å²) in [6, 6.07) is 0.00884. The highest BCUT2D eigenvalue weighted by atomic mass is 32.2. The Hall–Kier alpha value is -0.920. The molecule has 1 aliphatic rings. The third kappa shape index (κ3) is 4.52. The molecule has 0 amide bonds. The number of aliphatic hydroxyl groups is 1. The van der Waals surface area contributed by atoms with E-state index in [-0.39, 0.29) is 17.5 Å². The lowest BCUT2D eigenvalue weighted by Gasteiger charge is -2.31. The van der Waals surface area contributed by atoms with Crippen LogP contribution in [0, 0.1) is 11.8 Å². The summed E-state index contributed by atoms with van der Waals surface area (Å²) in [4.78, 5) is 0.200. The van der Waals surface area contributed by atoms with E-state index in [9.17, 15) is 8.42 Å². The molecule has 1 fully saturated rings. The fourth-order valence-corrected chi connectivity index (χ4v) is 4.38. The fraction of sp³-hybridized carbons (Fsp3) is 0.786. The maximum Gasteiger partial charge on any atom is 0.243 e. The lowest BCUT2D eigenvalue weighted by atomic mass is 9.81. The van der Waals surface area contributed by atoms with Gasteiger partial charge in [0.15, 0.2) is 0 Å². The van der Waals surface area contributed by atoms with E-state index >= 15 is 0 Å². The van der Waals surface area contributed by atoms with Crippen molar-refractivity contribution in [3.05, 3.63) is 12.4 Å². The van der Waals surface area contributed by atoms with Crippen LogP contribution in [0.3, 0.4) is 0 Å². The summed E-state index contributed by atoms with van der Waals surface area (Å²) in [5.74, 6) is 1.10. The van der Waals surface area contributed by atoms with Gasteiger partial charge in [0, 0.05) is 25.4 Å². The average Bonchev–Trinajstić information content (AvgIpc) is 2.84. The van der Waals surface area contributed by atoms with E-state index in [1.54, 1.807) is 4.68 Å². The van der Waals surface area contributed by atoms with Crippen molar-refractivity contribution >= 4 is 10.0 Å². The number of aromatic nitrogens is 2. The summed E-state index contributed by atoms with van der Waals surface area (Å²) in [6.07, 6.45) is 6.40. The Labute approximate surface area is 126 Å². The van der Waals surface area contributed by atoms with Crippen molar-refractivity contribution < 1.29 is 13.5 Å². The Bertz CT molecular complexity index is 546. The first kappa shape index (κ1) is 16.5. The first-order valence-electron chi connectivity index (χ1n) is 7.56. The highest BCUT2D eigenvalue weighted by molar-refractivity contribution is 7.89. The molecule has 2 rings (SSSR count).